The zero-order valence-corrected chi connectivity index (χ0v) is 16.2. The second-order valence-corrected chi connectivity index (χ2v) is 7.29. The molecule has 0 radical (unpaired) electrons. The second kappa shape index (κ2) is 9.66. The Morgan fingerprint density at radius 3 is 2.46 bits per heavy atom. The van der Waals surface area contributed by atoms with E-state index in [1.54, 1.807) is 24.3 Å². The molecule has 0 bridgehead atoms. The number of amides is 2. The smallest absolute Gasteiger partial charge is 0.305 e. The van der Waals surface area contributed by atoms with Crippen molar-refractivity contribution in [3.8, 4) is 0 Å². The molecule has 2 heterocycles. The molecule has 2 amide bonds. The van der Waals surface area contributed by atoms with Crippen molar-refractivity contribution in [3.63, 3.8) is 0 Å². The van der Waals surface area contributed by atoms with E-state index in [1.165, 1.54) is 7.11 Å². The van der Waals surface area contributed by atoms with Crippen LogP contribution in [0.5, 0.6) is 0 Å². The minimum Gasteiger partial charge on any atom is -0.469 e. The second-order valence-electron chi connectivity index (χ2n) is 7.29. The third-order valence-corrected chi connectivity index (χ3v) is 5.34. The van der Waals surface area contributed by atoms with Crippen LogP contribution in [0.25, 0.3) is 0 Å². The average molecular weight is 388 g/mol. The van der Waals surface area contributed by atoms with Crippen molar-refractivity contribution in [1.82, 2.24) is 15.5 Å². The fourth-order valence-corrected chi connectivity index (χ4v) is 3.61. The number of rotatable bonds is 5. The molecule has 0 aliphatic carbocycles. The SMILES string of the molecule is COC(=O)CC1CCN(C(=O)c2ccc(NC(=O)C3CNCCN3)cc2)CC1. The van der Waals surface area contributed by atoms with Gasteiger partial charge in [-0.05, 0) is 43.0 Å². The van der Waals surface area contributed by atoms with E-state index in [-0.39, 0.29) is 29.7 Å². The first-order valence-electron chi connectivity index (χ1n) is 9.78. The average Bonchev–Trinajstić information content (AvgIpc) is 2.75. The number of carbonyl (C=O) groups is 3. The Hall–Kier alpha value is -2.45. The molecule has 0 saturated carbocycles. The molecule has 0 aromatic heterocycles. The van der Waals surface area contributed by atoms with Gasteiger partial charge in [-0.3, -0.25) is 14.4 Å². The van der Waals surface area contributed by atoms with Gasteiger partial charge in [0, 0.05) is 50.4 Å². The normalized spacial score (nSPS) is 20.5. The van der Waals surface area contributed by atoms with Gasteiger partial charge in [0.2, 0.25) is 5.91 Å². The van der Waals surface area contributed by atoms with E-state index in [4.69, 9.17) is 4.74 Å². The Morgan fingerprint density at radius 2 is 1.86 bits per heavy atom. The molecule has 28 heavy (non-hydrogen) atoms. The van der Waals surface area contributed by atoms with E-state index in [2.05, 4.69) is 16.0 Å². The van der Waals surface area contributed by atoms with Crippen molar-refractivity contribution >= 4 is 23.5 Å². The maximum Gasteiger partial charge on any atom is 0.305 e. The number of anilines is 1. The van der Waals surface area contributed by atoms with Crippen LogP contribution < -0.4 is 16.0 Å². The fourth-order valence-electron chi connectivity index (χ4n) is 3.61. The molecule has 3 N–H and O–H groups in total. The lowest BCUT2D eigenvalue weighted by molar-refractivity contribution is -0.142. The van der Waals surface area contributed by atoms with Crippen molar-refractivity contribution in [3.05, 3.63) is 29.8 Å². The summed E-state index contributed by atoms with van der Waals surface area (Å²) in [4.78, 5) is 38.1. The molecule has 152 valence electrons. The van der Waals surface area contributed by atoms with Crippen LogP contribution in [-0.4, -0.2) is 68.6 Å². The highest BCUT2D eigenvalue weighted by Gasteiger charge is 2.25. The van der Waals surface area contributed by atoms with Gasteiger partial charge >= 0.3 is 5.97 Å². The number of ether oxygens (including phenoxy) is 1. The minimum atomic E-state index is -0.249. The van der Waals surface area contributed by atoms with Crippen molar-refractivity contribution < 1.29 is 19.1 Å². The Balaban J connectivity index is 1.50. The van der Waals surface area contributed by atoms with Crippen molar-refractivity contribution in [1.29, 1.82) is 0 Å². The zero-order chi connectivity index (χ0) is 19.9. The van der Waals surface area contributed by atoms with Crippen LogP contribution in [0.3, 0.4) is 0 Å². The largest absolute Gasteiger partial charge is 0.469 e. The maximum atomic E-state index is 12.7. The van der Waals surface area contributed by atoms with Crippen LogP contribution in [0.1, 0.15) is 29.6 Å². The number of nitrogens with one attached hydrogen (secondary N) is 3. The summed E-state index contributed by atoms with van der Waals surface area (Å²) in [7, 11) is 1.40. The predicted molar refractivity (Wildman–Crippen MR) is 105 cm³/mol. The first kappa shape index (κ1) is 20.3. The number of hydrogen-bond donors (Lipinski definition) is 3. The molecule has 2 aliphatic heterocycles. The zero-order valence-electron chi connectivity index (χ0n) is 16.2. The number of esters is 1. The Bertz CT molecular complexity index is 693. The predicted octanol–water partition coefficient (Wildman–Crippen LogP) is 0.602. The number of benzene rings is 1. The number of piperidine rings is 1. The molecule has 0 spiro atoms. The molecule has 8 nitrogen and oxygen atoms in total. The van der Waals surface area contributed by atoms with Crippen molar-refractivity contribution in [2.24, 2.45) is 5.92 Å². The molecule has 8 heteroatoms. The fraction of sp³-hybridized carbons (Fsp3) is 0.550. The standard InChI is InChI=1S/C20H28N4O4/c1-28-18(25)12-14-6-10-24(11-7-14)20(27)15-2-4-16(5-3-15)23-19(26)17-13-21-8-9-22-17/h2-5,14,17,21-22H,6-13H2,1H3,(H,23,26). The first-order valence-corrected chi connectivity index (χ1v) is 9.78. The van der Waals surface area contributed by atoms with Crippen LogP contribution >= 0.6 is 0 Å². The quantitative estimate of drug-likeness (QED) is 0.639. The molecule has 2 aliphatic rings. The van der Waals surface area contributed by atoms with Crippen LogP contribution in [-0.2, 0) is 14.3 Å². The van der Waals surface area contributed by atoms with Gasteiger partial charge in [0.15, 0.2) is 0 Å². The minimum absolute atomic E-state index is 0.0208. The molecule has 3 rings (SSSR count). The summed E-state index contributed by atoms with van der Waals surface area (Å²) in [6.07, 6.45) is 2.02. The van der Waals surface area contributed by atoms with Gasteiger partial charge in [0.25, 0.3) is 5.91 Å². The molecule has 1 unspecified atom stereocenters. The van der Waals surface area contributed by atoms with E-state index in [0.29, 0.717) is 37.3 Å². The van der Waals surface area contributed by atoms with Crippen LogP contribution in [0.4, 0.5) is 5.69 Å². The van der Waals surface area contributed by atoms with Gasteiger partial charge in [0.05, 0.1) is 13.2 Å². The van der Waals surface area contributed by atoms with E-state index < -0.39 is 0 Å². The number of hydrogen-bond acceptors (Lipinski definition) is 6. The first-order chi connectivity index (χ1) is 13.6. The lowest BCUT2D eigenvalue weighted by atomic mass is 9.93. The highest BCUT2D eigenvalue weighted by atomic mass is 16.5. The van der Waals surface area contributed by atoms with Crippen molar-refractivity contribution in [2.75, 3.05) is 45.2 Å². The van der Waals surface area contributed by atoms with E-state index >= 15 is 0 Å². The lowest BCUT2D eigenvalue weighted by Crippen LogP contribution is -2.54. The summed E-state index contributed by atoms with van der Waals surface area (Å²) in [5.74, 6) is -0.0231. The van der Waals surface area contributed by atoms with Gasteiger partial charge < -0.3 is 25.6 Å². The number of nitrogens with zero attached hydrogens (tertiary/aromatic N) is 1. The van der Waals surface area contributed by atoms with Gasteiger partial charge in [0.1, 0.15) is 0 Å². The summed E-state index contributed by atoms with van der Waals surface area (Å²) in [6, 6.07) is 6.74. The van der Waals surface area contributed by atoms with Gasteiger partial charge in [-0.15, -0.1) is 0 Å². The number of piperazine rings is 1. The van der Waals surface area contributed by atoms with Crippen molar-refractivity contribution in [2.45, 2.75) is 25.3 Å². The summed E-state index contributed by atoms with van der Waals surface area (Å²) < 4.78 is 4.72. The van der Waals surface area contributed by atoms with Crippen LogP contribution in [0.2, 0.25) is 0 Å². The maximum absolute atomic E-state index is 12.7. The molecule has 2 fully saturated rings. The van der Waals surface area contributed by atoms with E-state index in [1.807, 2.05) is 4.90 Å². The Morgan fingerprint density at radius 1 is 1.14 bits per heavy atom. The van der Waals surface area contributed by atoms with Gasteiger partial charge in [-0.2, -0.15) is 0 Å². The van der Waals surface area contributed by atoms with E-state index in [0.717, 1.165) is 25.9 Å². The van der Waals surface area contributed by atoms with Gasteiger partial charge in [-0.25, -0.2) is 0 Å². The summed E-state index contributed by atoms with van der Waals surface area (Å²) in [6.45, 7) is 3.51. The summed E-state index contributed by atoms with van der Waals surface area (Å²) >= 11 is 0. The van der Waals surface area contributed by atoms with E-state index in [9.17, 15) is 14.4 Å². The van der Waals surface area contributed by atoms with Gasteiger partial charge in [-0.1, -0.05) is 0 Å². The Kier molecular flexibility index (Phi) is 7.00. The molecular weight excluding hydrogens is 360 g/mol. The van der Waals surface area contributed by atoms with Crippen LogP contribution in [0, 0.1) is 5.92 Å². The summed E-state index contributed by atoms with van der Waals surface area (Å²) in [5.41, 5.74) is 1.27. The molecule has 1 aromatic rings. The molecule has 1 atom stereocenters. The Labute approximate surface area is 165 Å². The highest BCUT2D eigenvalue weighted by molar-refractivity contribution is 5.97. The number of carbonyl (C=O) groups excluding carboxylic acids is 3. The summed E-state index contributed by atoms with van der Waals surface area (Å²) in [5, 5.41) is 9.22. The molecule has 1 aromatic carbocycles. The molecular formula is C20H28N4O4. The monoisotopic (exact) mass is 388 g/mol. The third kappa shape index (κ3) is 5.30. The van der Waals surface area contributed by atoms with Crippen LogP contribution in [0.15, 0.2) is 24.3 Å². The molecule has 2 saturated heterocycles. The number of methoxy groups -OCH3 is 1. The highest BCUT2D eigenvalue weighted by Crippen LogP contribution is 2.22. The number of likely N-dealkylation sites (tertiary alicyclic amines) is 1. The topological polar surface area (TPSA) is 99.8 Å². The third-order valence-electron chi connectivity index (χ3n) is 5.34. The lowest BCUT2D eigenvalue weighted by Gasteiger charge is -2.31.